The van der Waals surface area contributed by atoms with Gasteiger partial charge in [0, 0.05) is 0 Å². The van der Waals surface area contributed by atoms with Gasteiger partial charge in [0.15, 0.2) is 0 Å². The molecule has 0 radical (unpaired) electrons. The van der Waals surface area contributed by atoms with Crippen LogP contribution in [0, 0.1) is 0 Å². The zero-order valence-corrected chi connectivity index (χ0v) is 21.7. The fourth-order valence-electron chi connectivity index (χ4n) is 0.996. The van der Waals surface area contributed by atoms with Gasteiger partial charge in [-0.1, -0.05) is 26.2 Å². The van der Waals surface area contributed by atoms with Crippen LogP contribution in [0.2, 0.25) is 0 Å². The van der Waals surface area contributed by atoms with Gasteiger partial charge in [0.25, 0.3) is 7.82 Å². The smallest absolute Gasteiger partial charge is 0.790 e. The molecule has 0 aromatic rings. The number of rotatable bonds is 10. The van der Waals surface area contributed by atoms with Crippen molar-refractivity contribution in [1.29, 1.82) is 0 Å². The van der Waals surface area contributed by atoms with Crippen molar-refractivity contribution in [3.05, 3.63) is 0 Å². The largest absolute Gasteiger partial charge is 1.00 e. The molecule has 0 saturated carbocycles. The second-order valence-corrected chi connectivity index (χ2v) is 7.71. The summed E-state index contributed by atoms with van der Waals surface area (Å²) in [4.78, 5) is 39.9. The molecular formula is C6H14Na3O10P3. The maximum absolute atomic E-state index is 11.1. The maximum Gasteiger partial charge on any atom is 1.00 e. The Labute approximate surface area is 195 Å². The maximum atomic E-state index is 11.1. The van der Waals surface area contributed by atoms with Gasteiger partial charge in [0.2, 0.25) is 0 Å². The van der Waals surface area contributed by atoms with Crippen LogP contribution in [0.1, 0.15) is 32.6 Å². The van der Waals surface area contributed by atoms with E-state index in [0.29, 0.717) is 12.8 Å². The molecule has 0 amide bonds. The molecule has 2 unspecified atom stereocenters. The Bertz CT molecular complexity index is 415. The summed E-state index contributed by atoms with van der Waals surface area (Å²) in [6.07, 6.45) is 2.85. The van der Waals surface area contributed by atoms with Gasteiger partial charge in [0.05, 0.1) is 14.4 Å². The Balaban J connectivity index is -0.000000540. The average molecular weight is 408 g/mol. The Morgan fingerprint density at radius 1 is 0.909 bits per heavy atom. The predicted molar refractivity (Wildman–Crippen MR) is 57.3 cm³/mol. The van der Waals surface area contributed by atoms with Gasteiger partial charge in [-0.15, -0.1) is 0 Å². The van der Waals surface area contributed by atoms with E-state index >= 15 is 0 Å². The van der Waals surface area contributed by atoms with Crippen LogP contribution in [0.25, 0.3) is 0 Å². The summed E-state index contributed by atoms with van der Waals surface area (Å²) >= 11 is 0. The Morgan fingerprint density at radius 2 is 1.41 bits per heavy atom. The van der Waals surface area contributed by atoms with Crippen molar-refractivity contribution < 1.29 is 135 Å². The fourth-order valence-corrected chi connectivity index (χ4v) is 3.92. The molecule has 0 aromatic heterocycles. The third-order valence-corrected chi connectivity index (χ3v) is 5.39. The zero-order valence-electron chi connectivity index (χ0n) is 13.0. The van der Waals surface area contributed by atoms with E-state index in [1.165, 1.54) is 0 Å². The number of unbranched alkanes of at least 4 members (excludes halogenated alkanes) is 3. The number of hydrogen-bond acceptors (Lipinski definition) is 9. The minimum absolute atomic E-state index is 0. The quantitative estimate of drug-likeness (QED) is 0.208. The van der Waals surface area contributed by atoms with E-state index in [4.69, 9.17) is 4.89 Å². The molecule has 0 aliphatic carbocycles. The van der Waals surface area contributed by atoms with Gasteiger partial charge in [-0.05, 0) is 6.42 Å². The van der Waals surface area contributed by atoms with Gasteiger partial charge in [0.1, 0.15) is 0 Å². The molecule has 10 nitrogen and oxygen atoms in total. The van der Waals surface area contributed by atoms with Crippen LogP contribution in [-0.4, -0.2) is 11.5 Å². The molecule has 0 aliphatic rings. The average Bonchev–Trinajstić information content (AvgIpc) is 2.10. The molecule has 0 saturated heterocycles. The first kappa shape index (κ1) is 33.0. The van der Waals surface area contributed by atoms with E-state index in [-0.39, 0.29) is 95.3 Å². The Hall–Kier alpha value is 3.41. The van der Waals surface area contributed by atoms with Crippen LogP contribution in [0.3, 0.4) is 0 Å². The van der Waals surface area contributed by atoms with Gasteiger partial charge in [-0.25, -0.2) is 8.88 Å². The molecule has 0 spiro atoms. The van der Waals surface area contributed by atoms with Crippen LogP contribution in [0.4, 0.5) is 0 Å². The molecule has 0 rings (SSSR count). The summed E-state index contributed by atoms with van der Waals surface area (Å²) in [5.41, 5.74) is 0. The van der Waals surface area contributed by atoms with Crippen molar-refractivity contribution in [3.63, 3.8) is 0 Å². The van der Waals surface area contributed by atoms with Gasteiger partial charge in [-0.2, -0.15) is 0 Å². The minimum atomic E-state index is -5.90. The molecule has 1 N–H and O–H groups in total. The molecule has 0 bridgehead atoms. The molecule has 0 aromatic carbocycles. The van der Waals surface area contributed by atoms with Gasteiger partial charge >= 0.3 is 96.5 Å². The monoisotopic (exact) mass is 408 g/mol. The first-order valence-electron chi connectivity index (χ1n) is 5.20. The number of phosphoric acid groups is 3. The standard InChI is InChI=1S/C6H17O10P3.3Na/c1-2-3-4-5-6-14-18(10,11)16-19(12,13)15-17(7,8)9;;;/h2-6H2,1H3,(H,10,11)(H,12,13)(H2,7,8,9);;;/q;3*+1/p-3. The summed E-state index contributed by atoms with van der Waals surface area (Å²) in [7, 11) is -16.7. The van der Waals surface area contributed by atoms with Crippen LogP contribution in [0.5, 0.6) is 0 Å². The molecule has 0 heterocycles. The molecule has 2 atom stereocenters. The van der Waals surface area contributed by atoms with E-state index in [1.807, 2.05) is 6.92 Å². The topological polar surface area (TPSA) is 168 Å². The minimum Gasteiger partial charge on any atom is -0.790 e. The van der Waals surface area contributed by atoms with Crippen LogP contribution < -0.4 is 103 Å². The van der Waals surface area contributed by atoms with E-state index in [0.717, 1.165) is 12.8 Å². The predicted octanol–water partition coefficient (Wildman–Crippen LogP) is -8.97. The normalized spacial score (nSPS) is 16.2. The molecular weight excluding hydrogens is 394 g/mol. The second kappa shape index (κ2) is 15.5. The molecule has 0 fully saturated rings. The van der Waals surface area contributed by atoms with E-state index in [1.54, 1.807) is 0 Å². The summed E-state index contributed by atoms with van der Waals surface area (Å²) in [6, 6.07) is 0. The second-order valence-electron chi connectivity index (χ2n) is 3.42. The van der Waals surface area contributed by atoms with Crippen molar-refractivity contribution in [1.82, 2.24) is 0 Å². The molecule has 116 valence electrons. The summed E-state index contributed by atoms with van der Waals surface area (Å²) in [5.74, 6) is 0. The molecule has 22 heavy (non-hydrogen) atoms. The molecule has 0 aliphatic heterocycles. The van der Waals surface area contributed by atoms with Crippen molar-refractivity contribution >= 4 is 23.5 Å². The van der Waals surface area contributed by atoms with Crippen LogP contribution in [-0.2, 0) is 26.8 Å². The van der Waals surface area contributed by atoms with Crippen molar-refractivity contribution in [2.45, 2.75) is 32.6 Å². The summed E-state index contributed by atoms with van der Waals surface area (Å²) in [5, 5.41) is 0. The summed E-state index contributed by atoms with van der Waals surface area (Å²) in [6.45, 7) is 1.68. The molecule has 16 heteroatoms. The van der Waals surface area contributed by atoms with Crippen molar-refractivity contribution in [3.8, 4) is 0 Å². The van der Waals surface area contributed by atoms with Gasteiger partial charge in [-0.3, -0.25) is 13.4 Å². The summed E-state index contributed by atoms with van der Waals surface area (Å²) < 4.78 is 42.7. The third-order valence-electron chi connectivity index (χ3n) is 1.66. The first-order valence-corrected chi connectivity index (χ1v) is 9.62. The number of hydrogen-bond donors (Lipinski definition) is 1. The van der Waals surface area contributed by atoms with E-state index in [2.05, 4.69) is 13.1 Å². The van der Waals surface area contributed by atoms with Crippen LogP contribution in [0.15, 0.2) is 0 Å². The van der Waals surface area contributed by atoms with E-state index < -0.39 is 23.5 Å². The zero-order chi connectivity index (χ0) is 15.2. The Kier molecular flexibility index (Phi) is 23.2. The van der Waals surface area contributed by atoms with Gasteiger partial charge < -0.3 is 24.1 Å². The SMILES string of the molecule is CCCCCCOP(=O)(O)OP(=O)([O-])OP(=O)([O-])[O-].[Na+].[Na+].[Na+]. The fraction of sp³-hybridized carbons (Fsp3) is 1.00. The first-order chi connectivity index (χ1) is 8.47. The van der Waals surface area contributed by atoms with Crippen molar-refractivity contribution in [2.75, 3.05) is 6.61 Å². The van der Waals surface area contributed by atoms with E-state index in [9.17, 15) is 28.4 Å². The van der Waals surface area contributed by atoms with Crippen molar-refractivity contribution in [2.24, 2.45) is 0 Å². The number of phosphoric ester groups is 1. The Morgan fingerprint density at radius 3 is 1.82 bits per heavy atom. The van der Waals surface area contributed by atoms with Crippen LogP contribution >= 0.6 is 23.5 Å². The third kappa shape index (κ3) is 21.5.